The summed E-state index contributed by atoms with van der Waals surface area (Å²) < 4.78 is 50.9. The van der Waals surface area contributed by atoms with Crippen LogP contribution in [0.1, 0.15) is 27.7 Å². The van der Waals surface area contributed by atoms with Crippen molar-refractivity contribution in [1.29, 1.82) is 0 Å². The van der Waals surface area contributed by atoms with Crippen LogP contribution in [-0.4, -0.2) is 227 Å². The van der Waals surface area contributed by atoms with Crippen molar-refractivity contribution in [2.45, 2.75) is 181 Å². The van der Waals surface area contributed by atoms with Gasteiger partial charge in [0.2, 0.25) is 0 Å². The van der Waals surface area contributed by atoms with Gasteiger partial charge in [-0.2, -0.15) is 0 Å². The van der Waals surface area contributed by atoms with Gasteiger partial charge in [-0.25, -0.2) is 0 Å². The predicted octanol–water partition coefficient (Wildman–Crippen LogP) is -7.81. The van der Waals surface area contributed by atoms with Crippen LogP contribution in [0, 0.1) is 0 Å². The molecule has 5 fully saturated rings. The molecule has 5 aliphatic heterocycles. The lowest BCUT2D eigenvalue weighted by atomic mass is 9.95. The Morgan fingerprint density at radius 2 is 0.731 bits per heavy atom. The van der Waals surface area contributed by atoms with Crippen molar-refractivity contribution in [2.75, 3.05) is 6.61 Å². The van der Waals surface area contributed by atoms with Crippen LogP contribution in [0.2, 0.25) is 0 Å². The molecule has 0 aromatic heterocycles. The minimum atomic E-state index is -1.94. The molecule has 0 aliphatic carbocycles. The van der Waals surface area contributed by atoms with E-state index in [9.17, 15) is 66.4 Å². The summed E-state index contributed by atoms with van der Waals surface area (Å²) in [5, 5.41) is 136. The van der Waals surface area contributed by atoms with Gasteiger partial charge in [0.25, 0.3) is 0 Å². The first-order chi connectivity index (χ1) is 24.4. The van der Waals surface area contributed by atoms with Gasteiger partial charge in [0, 0.05) is 0 Å². The molecule has 0 aromatic rings. The first-order valence-corrected chi connectivity index (χ1v) is 17.0. The molecule has 22 heteroatoms. The number of aliphatic hydroxyl groups is 13. The van der Waals surface area contributed by atoms with Crippen molar-refractivity contribution >= 4 is 0 Å². The smallest absolute Gasteiger partial charge is 0.187 e. The third kappa shape index (κ3) is 8.29. The SMILES string of the molecule is C[C@@H]1O[C@@H](O[C@@H]2[C@@H](O[C@@H]3O[C@H](CO)[C@@H](O)[C@H](O)[C@H]3O)[C@@H](O)[C@H](O[C@@H]3[C@@H](O)[C@@H](O)[C@H](O[C@@H]4C(O)O[C@@H](C)[C@@H](O)[C@H]4O)O[C@H]3C)O[C@H]2C)[C@H](O)[C@H](O)[C@H]1O. The van der Waals surface area contributed by atoms with Crippen molar-refractivity contribution in [2.24, 2.45) is 0 Å². The average molecular weight is 765 g/mol. The van der Waals surface area contributed by atoms with Gasteiger partial charge in [-0.3, -0.25) is 0 Å². The predicted molar refractivity (Wildman–Crippen MR) is 161 cm³/mol. The summed E-state index contributed by atoms with van der Waals surface area (Å²) in [4.78, 5) is 0. The maximum Gasteiger partial charge on any atom is 0.187 e. The molecule has 0 spiro atoms. The highest BCUT2D eigenvalue weighted by molar-refractivity contribution is 4.98. The van der Waals surface area contributed by atoms with Gasteiger partial charge in [0.05, 0.1) is 31.0 Å². The van der Waals surface area contributed by atoms with Crippen molar-refractivity contribution in [3.63, 3.8) is 0 Å². The molecule has 22 nitrogen and oxygen atoms in total. The van der Waals surface area contributed by atoms with Gasteiger partial charge < -0.3 is 109 Å². The molecule has 0 aromatic carbocycles. The Bertz CT molecular complexity index is 1140. The molecule has 0 saturated carbocycles. The second-order valence-electron chi connectivity index (χ2n) is 13.9. The van der Waals surface area contributed by atoms with Crippen LogP contribution >= 0.6 is 0 Å². The third-order valence-electron chi connectivity index (χ3n) is 10.2. The van der Waals surface area contributed by atoms with E-state index in [-0.39, 0.29) is 0 Å². The Hall–Kier alpha value is -0.880. The van der Waals surface area contributed by atoms with Crippen molar-refractivity contribution in [1.82, 2.24) is 0 Å². The number of hydrogen-bond acceptors (Lipinski definition) is 22. The number of ether oxygens (including phenoxy) is 9. The van der Waals surface area contributed by atoms with Crippen molar-refractivity contribution in [3.8, 4) is 0 Å². The minimum absolute atomic E-state index is 0.806. The van der Waals surface area contributed by atoms with Crippen LogP contribution < -0.4 is 0 Å². The van der Waals surface area contributed by atoms with Crippen molar-refractivity contribution in [3.05, 3.63) is 0 Å². The Balaban J connectivity index is 1.34. The lowest BCUT2D eigenvalue weighted by molar-refractivity contribution is -0.398. The Kier molecular flexibility index (Phi) is 13.9. The van der Waals surface area contributed by atoms with Crippen molar-refractivity contribution < 1.29 is 109 Å². The molecule has 13 N–H and O–H groups in total. The van der Waals surface area contributed by atoms with Crippen LogP contribution in [0.5, 0.6) is 0 Å². The maximum atomic E-state index is 11.6. The third-order valence-corrected chi connectivity index (χ3v) is 10.2. The molecule has 5 saturated heterocycles. The lowest BCUT2D eigenvalue weighted by Gasteiger charge is -2.50. The van der Waals surface area contributed by atoms with E-state index < -0.39 is 160 Å². The molecule has 1 unspecified atom stereocenters. The summed E-state index contributed by atoms with van der Waals surface area (Å²) in [6, 6.07) is 0. The van der Waals surface area contributed by atoms with Gasteiger partial charge in [-0.15, -0.1) is 0 Å². The zero-order chi connectivity index (χ0) is 38.5. The van der Waals surface area contributed by atoms with Crippen LogP contribution in [0.25, 0.3) is 0 Å². The van der Waals surface area contributed by atoms with Gasteiger partial charge in [-0.1, -0.05) is 0 Å². The molecule has 25 atom stereocenters. The van der Waals surface area contributed by atoms with E-state index in [1.807, 2.05) is 0 Å². The molecule has 52 heavy (non-hydrogen) atoms. The highest BCUT2D eigenvalue weighted by Gasteiger charge is 2.56. The summed E-state index contributed by atoms with van der Waals surface area (Å²) in [7, 11) is 0. The highest BCUT2D eigenvalue weighted by atomic mass is 16.8. The van der Waals surface area contributed by atoms with E-state index in [0.717, 1.165) is 0 Å². The van der Waals surface area contributed by atoms with Crippen LogP contribution in [0.15, 0.2) is 0 Å². The second kappa shape index (κ2) is 17.1. The summed E-state index contributed by atoms with van der Waals surface area (Å²) in [5.41, 5.74) is 0. The molecule has 5 rings (SSSR count). The van der Waals surface area contributed by atoms with E-state index in [4.69, 9.17) is 42.6 Å². The fourth-order valence-corrected chi connectivity index (χ4v) is 6.84. The first kappa shape index (κ1) is 42.3. The molecule has 0 radical (unpaired) electrons. The largest absolute Gasteiger partial charge is 0.394 e. The lowest BCUT2D eigenvalue weighted by Crippen LogP contribution is -2.67. The molecule has 0 bridgehead atoms. The summed E-state index contributed by atoms with van der Waals surface area (Å²) in [6.07, 6.45) is -39.9. The zero-order valence-corrected chi connectivity index (χ0v) is 28.6. The fourth-order valence-electron chi connectivity index (χ4n) is 6.84. The molecule has 5 aliphatic rings. The van der Waals surface area contributed by atoms with E-state index in [1.54, 1.807) is 0 Å². The van der Waals surface area contributed by atoms with E-state index in [1.165, 1.54) is 27.7 Å². The number of hydrogen-bond donors (Lipinski definition) is 13. The summed E-state index contributed by atoms with van der Waals surface area (Å²) >= 11 is 0. The Morgan fingerprint density at radius 1 is 0.346 bits per heavy atom. The highest BCUT2D eigenvalue weighted by Crippen LogP contribution is 2.36. The Morgan fingerprint density at radius 3 is 1.33 bits per heavy atom. The van der Waals surface area contributed by atoms with E-state index in [2.05, 4.69) is 0 Å². The molecular formula is C30H52O22. The molecular weight excluding hydrogens is 712 g/mol. The Labute approximate surface area is 297 Å². The molecule has 0 amide bonds. The fraction of sp³-hybridized carbons (Fsp3) is 1.00. The monoisotopic (exact) mass is 764 g/mol. The van der Waals surface area contributed by atoms with Gasteiger partial charge >= 0.3 is 0 Å². The topological polar surface area (TPSA) is 346 Å². The summed E-state index contributed by atoms with van der Waals surface area (Å²) in [5.74, 6) is 0. The molecule has 5 heterocycles. The van der Waals surface area contributed by atoms with Gasteiger partial charge in [0.1, 0.15) is 97.7 Å². The standard InChI is InChI=1S/C30H52O22/c1-6-12(33)16(37)25(26(43)44-6)52-28-20(41)17(38)22(8(3)46-28)49-30-21(42)24(51-29-19(40)15(36)13(34)10(5-31)48-29)23(9(4)47-30)50-27-18(39)14(35)11(32)7(2)45-27/h6-43H,5H2,1-4H3/t6-,7-,8-,9-,10+,11-,12+,13+,14+,15-,16+,17-,18+,19+,20+,21+,22-,23-,24-,25-,26?,27-,28-,29-,30-/m0/s1. The van der Waals surface area contributed by atoms with Gasteiger partial charge in [0.15, 0.2) is 31.5 Å². The molecule has 304 valence electrons. The van der Waals surface area contributed by atoms with E-state index >= 15 is 0 Å². The normalized spacial score (nSPS) is 56.4. The van der Waals surface area contributed by atoms with Crippen LogP contribution in [0.4, 0.5) is 0 Å². The maximum absolute atomic E-state index is 11.6. The first-order valence-electron chi connectivity index (χ1n) is 17.0. The second-order valence-corrected chi connectivity index (χ2v) is 13.9. The van der Waals surface area contributed by atoms with Crippen LogP contribution in [0.3, 0.4) is 0 Å². The number of aliphatic hydroxyl groups excluding tert-OH is 13. The summed E-state index contributed by atoms with van der Waals surface area (Å²) in [6.45, 7) is 4.81. The average Bonchev–Trinajstić information content (AvgIpc) is 3.10. The number of rotatable bonds is 9. The zero-order valence-electron chi connectivity index (χ0n) is 28.6. The van der Waals surface area contributed by atoms with E-state index in [0.29, 0.717) is 0 Å². The quantitative estimate of drug-likeness (QED) is 0.104. The van der Waals surface area contributed by atoms with Crippen LogP contribution in [-0.2, 0) is 42.6 Å². The van der Waals surface area contributed by atoms with Gasteiger partial charge in [-0.05, 0) is 27.7 Å². The minimum Gasteiger partial charge on any atom is -0.394 e.